The number of aromatic amines is 1. The number of nitrogens with zero attached hydrogens (tertiary/aromatic N) is 4. The van der Waals surface area contributed by atoms with Crippen molar-refractivity contribution >= 4 is 22.8 Å². The molecule has 7 nitrogen and oxygen atoms in total. The first-order valence-corrected chi connectivity index (χ1v) is 6.15. The van der Waals surface area contributed by atoms with Crippen molar-refractivity contribution in [3.05, 3.63) is 6.20 Å². The number of hydrogen-bond donors (Lipinski definition) is 3. The van der Waals surface area contributed by atoms with E-state index >= 15 is 0 Å². The molecule has 18 heavy (non-hydrogen) atoms. The average molecular weight is 247 g/mol. The summed E-state index contributed by atoms with van der Waals surface area (Å²) in [6.45, 7) is 1.83. The third kappa shape index (κ3) is 2.21. The van der Waals surface area contributed by atoms with E-state index in [1.807, 2.05) is 0 Å². The number of anilines is 2. The summed E-state index contributed by atoms with van der Waals surface area (Å²) in [6.07, 6.45) is 4.35. The lowest BCUT2D eigenvalue weighted by Gasteiger charge is -2.16. The molecule has 0 radical (unpaired) electrons. The molecule has 0 spiro atoms. The summed E-state index contributed by atoms with van der Waals surface area (Å²) >= 11 is 0. The summed E-state index contributed by atoms with van der Waals surface area (Å²) in [7, 11) is 2.15. The molecule has 2 aromatic heterocycles. The Morgan fingerprint density at radius 1 is 1.50 bits per heavy atom. The Morgan fingerprint density at radius 2 is 2.33 bits per heavy atom. The topological polar surface area (TPSA) is 95.7 Å². The Hall–Kier alpha value is -1.89. The van der Waals surface area contributed by atoms with E-state index in [4.69, 9.17) is 5.73 Å². The van der Waals surface area contributed by atoms with Crippen LogP contribution in [0, 0.1) is 0 Å². The summed E-state index contributed by atoms with van der Waals surface area (Å²) < 4.78 is 0. The van der Waals surface area contributed by atoms with Crippen molar-refractivity contribution in [2.45, 2.75) is 18.9 Å². The first kappa shape index (κ1) is 11.2. The van der Waals surface area contributed by atoms with Gasteiger partial charge < -0.3 is 16.0 Å². The molecule has 0 bridgehead atoms. The number of aromatic nitrogens is 4. The predicted molar refractivity (Wildman–Crippen MR) is 70.2 cm³/mol. The van der Waals surface area contributed by atoms with Crippen LogP contribution in [0.2, 0.25) is 0 Å². The fraction of sp³-hybridized carbons (Fsp3) is 0.545. The van der Waals surface area contributed by atoms with Crippen LogP contribution in [0.4, 0.5) is 11.8 Å². The molecule has 4 N–H and O–H groups in total. The Bertz CT molecular complexity index is 545. The Kier molecular flexibility index (Phi) is 2.75. The van der Waals surface area contributed by atoms with Crippen molar-refractivity contribution in [3.63, 3.8) is 0 Å². The van der Waals surface area contributed by atoms with Crippen molar-refractivity contribution in [1.29, 1.82) is 0 Å². The summed E-state index contributed by atoms with van der Waals surface area (Å²) in [5.41, 5.74) is 6.32. The minimum Gasteiger partial charge on any atom is -0.368 e. The standard InChI is InChI=1S/C11H17N7/c1-18(7-2-3-7)5-4-13-9-8-6-14-17-10(8)16-11(12)15-9/h6-7H,2-5H2,1H3,(H4,12,13,14,15,16,17). The lowest BCUT2D eigenvalue weighted by Crippen LogP contribution is -2.27. The van der Waals surface area contributed by atoms with E-state index in [1.54, 1.807) is 6.20 Å². The smallest absolute Gasteiger partial charge is 0.224 e. The van der Waals surface area contributed by atoms with Gasteiger partial charge in [-0.3, -0.25) is 5.10 Å². The maximum Gasteiger partial charge on any atom is 0.224 e. The van der Waals surface area contributed by atoms with Gasteiger partial charge in [0.1, 0.15) is 5.82 Å². The van der Waals surface area contributed by atoms with Crippen LogP contribution in [-0.4, -0.2) is 51.2 Å². The largest absolute Gasteiger partial charge is 0.368 e. The van der Waals surface area contributed by atoms with Crippen molar-refractivity contribution in [1.82, 2.24) is 25.1 Å². The number of H-pyrrole nitrogens is 1. The molecule has 0 aromatic carbocycles. The van der Waals surface area contributed by atoms with E-state index in [0.29, 0.717) is 5.65 Å². The number of nitrogen functional groups attached to an aromatic ring is 1. The zero-order chi connectivity index (χ0) is 12.5. The van der Waals surface area contributed by atoms with Crippen molar-refractivity contribution < 1.29 is 0 Å². The van der Waals surface area contributed by atoms with Crippen LogP contribution in [-0.2, 0) is 0 Å². The fourth-order valence-corrected chi connectivity index (χ4v) is 2.04. The monoisotopic (exact) mass is 247 g/mol. The number of fused-ring (bicyclic) bond motifs is 1. The van der Waals surface area contributed by atoms with Gasteiger partial charge in [0.15, 0.2) is 5.65 Å². The number of nitrogens with one attached hydrogen (secondary N) is 2. The van der Waals surface area contributed by atoms with Crippen LogP contribution in [0.25, 0.3) is 11.0 Å². The summed E-state index contributed by atoms with van der Waals surface area (Å²) in [4.78, 5) is 10.6. The zero-order valence-electron chi connectivity index (χ0n) is 10.3. The molecule has 0 atom stereocenters. The highest BCUT2D eigenvalue weighted by Crippen LogP contribution is 2.25. The molecule has 96 valence electrons. The van der Waals surface area contributed by atoms with Crippen molar-refractivity contribution in [3.8, 4) is 0 Å². The van der Waals surface area contributed by atoms with Crippen LogP contribution >= 0.6 is 0 Å². The van der Waals surface area contributed by atoms with Gasteiger partial charge >= 0.3 is 0 Å². The van der Waals surface area contributed by atoms with E-state index in [-0.39, 0.29) is 5.95 Å². The summed E-state index contributed by atoms with van der Waals surface area (Å²) in [5.74, 6) is 1.00. The normalized spacial score (nSPS) is 15.4. The average Bonchev–Trinajstić information content (AvgIpc) is 3.08. The van der Waals surface area contributed by atoms with Gasteiger partial charge in [-0.25, -0.2) is 0 Å². The van der Waals surface area contributed by atoms with Crippen LogP contribution in [0.5, 0.6) is 0 Å². The highest BCUT2D eigenvalue weighted by Gasteiger charge is 2.25. The second-order valence-electron chi connectivity index (χ2n) is 4.70. The molecule has 3 rings (SSSR count). The quantitative estimate of drug-likeness (QED) is 0.709. The first-order chi connectivity index (χ1) is 8.74. The van der Waals surface area contributed by atoms with Crippen LogP contribution in [0.15, 0.2) is 6.20 Å². The SMILES string of the molecule is CN(CCNc1nc(N)nc2[nH]ncc12)C1CC1. The Morgan fingerprint density at radius 3 is 3.11 bits per heavy atom. The number of rotatable bonds is 5. The highest BCUT2D eigenvalue weighted by atomic mass is 15.2. The van der Waals surface area contributed by atoms with Gasteiger partial charge in [0.2, 0.25) is 5.95 Å². The number of likely N-dealkylation sites (N-methyl/N-ethyl adjacent to an activating group) is 1. The van der Waals surface area contributed by atoms with Gasteiger partial charge in [-0.1, -0.05) is 0 Å². The lowest BCUT2D eigenvalue weighted by molar-refractivity contribution is 0.337. The number of nitrogens with two attached hydrogens (primary N) is 1. The molecule has 1 fully saturated rings. The summed E-state index contributed by atoms with van der Waals surface area (Å²) in [5, 5.41) is 10.9. The van der Waals surface area contributed by atoms with E-state index in [2.05, 4.69) is 37.4 Å². The van der Waals surface area contributed by atoms with Gasteiger partial charge in [-0.05, 0) is 19.9 Å². The second-order valence-corrected chi connectivity index (χ2v) is 4.70. The zero-order valence-corrected chi connectivity index (χ0v) is 10.3. The fourth-order valence-electron chi connectivity index (χ4n) is 2.04. The first-order valence-electron chi connectivity index (χ1n) is 6.15. The molecular formula is C11H17N7. The molecule has 0 saturated heterocycles. The molecule has 0 amide bonds. The van der Waals surface area contributed by atoms with Crippen molar-refractivity contribution in [2.24, 2.45) is 0 Å². The molecule has 0 unspecified atom stereocenters. The molecule has 2 heterocycles. The van der Waals surface area contributed by atoms with Crippen LogP contribution in [0.1, 0.15) is 12.8 Å². The van der Waals surface area contributed by atoms with Crippen molar-refractivity contribution in [2.75, 3.05) is 31.2 Å². The maximum atomic E-state index is 5.65. The maximum absolute atomic E-state index is 5.65. The molecule has 1 saturated carbocycles. The second kappa shape index (κ2) is 4.41. The molecular weight excluding hydrogens is 230 g/mol. The van der Waals surface area contributed by atoms with Gasteiger partial charge in [0.05, 0.1) is 11.6 Å². The van der Waals surface area contributed by atoms with Crippen LogP contribution < -0.4 is 11.1 Å². The van der Waals surface area contributed by atoms with Gasteiger partial charge in [0.25, 0.3) is 0 Å². The van der Waals surface area contributed by atoms with E-state index in [0.717, 1.165) is 30.3 Å². The minimum atomic E-state index is 0.254. The Balaban J connectivity index is 1.67. The third-order valence-corrected chi connectivity index (χ3v) is 3.25. The van der Waals surface area contributed by atoms with E-state index in [1.165, 1.54) is 12.8 Å². The summed E-state index contributed by atoms with van der Waals surface area (Å²) in [6, 6.07) is 0.774. The molecule has 7 heteroatoms. The Labute approximate surface area is 105 Å². The minimum absolute atomic E-state index is 0.254. The lowest BCUT2D eigenvalue weighted by atomic mass is 10.4. The number of hydrogen-bond acceptors (Lipinski definition) is 6. The van der Waals surface area contributed by atoms with Gasteiger partial charge in [-0.2, -0.15) is 15.1 Å². The molecule has 1 aliphatic carbocycles. The third-order valence-electron chi connectivity index (χ3n) is 3.25. The molecule has 2 aromatic rings. The van der Waals surface area contributed by atoms with Gasteiger partial charge in [-0.15, -0.1) is 0 Å². The molecule has 1 aliphatic rings. The predicted octanol–water partition coefficient (Wildman–Crippen LogP) is 0.441. The van der Waals surface area contributed by atoms with E-state index < -0.39 is 0 Å². The van der Waals surface area contributed by atoms with Crippen LogP contribution in [0.3, 0.4) is 0 Å². The highest BCUT2D eigenvalue weighted by molar-refractivity contribution is 5.86. The molecule has 0 aliphatic heterocycles. The van der Waals surface area contributed by atoms with E-state index in [9.17, 15) is 0 Å². The van der Waals surface area contributed by atoms with Gasteiger partial charge in [0, 0.05) is 19.1 Å².